The van der Waals surface area contributed by atoms with Crippen molar-refractivity contribution < 1.29 is 9.59 Å². The average Bonchev–Trinajstić information content (AvgIpc) is 3.57. The van der Waals surface area contributed by atoms with Gasteiger partial charge < -0.3 is 4.90 Å². The van der Waals surface area contributed by atoms with E-state index in [1.54, 1.807) is 28.0 Å². The van der Waals surface area contributed by atoms with Crippen molar-refractivity contribution in [3.8, 4) is 5.69 Å². The third kappa shape index (κ3) is 4.54. The monoisotopic (exact) mass is 508 g/mol. The van der Waals surface area contributed by atoms with Crippen LogP contribution in [0.1, 0.15) is 61.2 Å². The maximum atomic E-state index is 13.7. The van der Waals surface area contributed by atoms with E-state index in [9.17, 15) is 9.59 Å². The van der Waals surface area contributed by atoms with Crippen molar-refractivity contribution in [3.63, 3.8) is 0 Å². The highest BCUT2D eigenvalue weighted by Gasteiger charge is 2.40. The number of thioether (sulfide) groups is 1. The predicted molar refractivity (Wildman–Crippen MR) is 144 cm³/mol. The summed E-state index contributed by atoms with van der Waals surface area (Å²) < 4.78 is 1.92. The maximum Gasteiger partial charge on any atom is 0.242 e. The summed E-state index contributed by atoms with van der Waals surface area (Å²) in [5.74, 6) is 1.02. The lowest BCUT2D eigenvalue weighted by atomic mass is 9.87. The molecule has 1 fully saturated rings. The minimum absolute atomic E-state index is 0.00984. The summed E-state index contributed by atoms with van der Waals surface area (Å²) >= 11 is 3.30. The standard InChI is InChI=1S/C27H32N4O2S2/c1-18-9-5-6-10-20(18)31-26-23(25(28-31)27(2,3)4)24(19-11-14-34-16-19)35-17-22(33)30(26)15-21(32)29-12-7-8-13-29/h5-6,9-11,14,16,24H,7-8,12-13,15,17H2,1-4H3/t24-/m0/s1. The van der Waals surface area contributed by atoms with E-state index in [-0.39, 0.29) is 29.0 Å². The van der Waals surface area contributed by atoms with E-state index in [1.165, 1.54) is 5.56 Å². The molecule has 4 heterocycles. The van der Waals surface area contributed by atoms with Crippen molar-refractivity contribution in [1.82, 2.24) is 14.7 Å². The van der Waals surface area contributed by atoms with Gasteiger partial charge in [-0.2, -0.15) is 16.4 Å². The Bertz CT molecular complexity index is 1240. The van der Waals surface area contributed by atoms with Crippen LogP contribution in [0.15, 0.2) is 41.1 Å². The summed E-state index contributed by atoms with van der Waals surface area (Å²) in [6, 6.07) is 10.2. The number of anilines is 1. The van der Waals surface area contributed by atoms with Crippen LogP contribution in [-0.2, 0) is 15.0 Å². The number of aromatic nitrogens is 2. The number of fused-ring (bicyclic) bond motifs is 1. The van der Waals surface area contributed by atoms with Gasteiger partial charge in [-0.25, -0.2) is 4.68 Å². The smallest absolute Gasteiger partial charge is 0.242 e. The summed E-state index contributed by atoms with van der Waals surface area (Å²) in [6.07, 6.45) is 2.05. The van der Waals surface area contributed by atoms with Crippen LogP contribution in [0.25, 0.3) is 5.69 Å². The zero-order valence-electron chi connectivity index (χ0n) is 20.8. The number of carbonyl (C=O) groups excluding carboxylic acids is 2. The molecule has 184 valence electrons. The lowest BCUT2D eigenvalue weighted by Crippen LogP contribution is -2.43. The molecule has 1 atom stereocenters. The molecule has 0 aliphatic carbocycles. The van der Waals surface area contributed by atoms with Crippen molar-refractivity contribution in [2.45, 2.75) is 51.2 Å². The van der Waals surface area contributed by atoms with Crippen molar-refractivity contribution in [1.29, 1.82) is 0 Å². The van der Waals surface area contributed by atoms with Crippen LogP contribution in [0.3, 0.4) is 0 Å². The average molecular weight is 509 g/mol. The Hall–Kier alpha value is -2.58. The Morgan fingerprint density at radius 1 is 1.14 bits per heavy atom. The number of thiophene rings is 1. The molecule has 3 aromatic rings. The van der Waals surface area contributed by atoms with Crippen LogP contribution in [-0.4, -0.2) is 51.9 Å². The van der Waals surface area contributed by atoms with Crippen LogP contribution in [0.5, 0.6) is 0 Å². The number of hydrogen-bond donors (Lipinski definition) is 0. The molecule has 35 heavy (non-hydrogen) atoms. The van der Waals surface area contributed by atoms with Gasteiger partial charge in [-0.3, -0.25) is 14.5 Å². The van der Waals surface area contributed by atoms with E-state index in [2.05, 4.69) is 50.6 Å². The molecule has 2 aromatic heterocycles. The number of nitrogens with zero attached hydrogens (tertiary/aromatic N) is 4. The number of amides is 2. The van der Waals surface area contributed by atoms with E-state index in [0.717, 1.165) is 54.3 Å². The van der Waals surface area contributed by atoms with Crippen LogP contribution < -0.4 is 4.90 Å². The van der Waals surface area contributed by atoms with E-state index < -0.39 is 0 Å². The number of carbonyl (C=O) groups is 2. The fraction of sp³-hybridized carbons (Fsp3) is 0.444. The van der Waals surface area contributed by atoms with Gasteiger partial charge in [0.15, 0.2) is 0 Å². The minimum Gasteiger partial charge on any atom is -0.341 e. The van der Waals surface area contributed by atoms with Crippen molar-refractivity contribution in [2.75, 3.05) is 30.3 Å². The number of likely N-dealkylation sites (tertiary alicyclic amines) is 1. The molecule has 0 unspecified atom stereocenters. The van der Waals surface area contributed by atoms with E-state index >= 15 is 0 Å². The van der Waals surface area contributed by atoms with E-state index in [4.69, 9.17) is 5.10 Å². The highest BCUT2D eigenvalue weighted by Crippen LogP contribution is 2.49. The Morgan fingerprint density at radius 2 is 1.89 bits per heavy atom. The quantitative estimate of drug-likeness (QED) is 0.478. The second kappa shape index (κ2) is 9.47. The van der Waals surface area contributed by atoms with Crippen LogP contribution in [0, 0.1) is 6.92 Å². The minimum atomic E-state index is -0.245. The number of benzene rings is 1. The molecule has 8 heteroatoms. The van der Waals surface area contributed by atoms with Gasteiger partial charge in [0.2, 0.25) is 11.8 Å². The topological polar surface area (TPSA) is 58.4 Å². The third-order valence-corrected chi connectivity index (χ3v) is 8.70. The Kier molecular flexibility index (Phi) is 6.53. The maximum absolute atomic E-state index is 13.7. The normalized spacial score (nSPS) is 18.6. The van der Waals surface area contributed by atoms with E-state index in [1.807, 2.05) is 27.8 Å². The van der Waals surface area contributed by atoms with Gasteiger partial charge in [-0.15, -0.1) is 11.8 Å². The molecule has 2 amide bonds. The molecule has 5 rings (SSSR count). The SMILES string of the molecule is Cc1ccccc1-n1nc(C(C)(C)C)c2c1N(CC(=O)N1CCCC1)C(=O)CS[C@H]2c1ccsc1. The first kappa shape index (κ1) is 24.1. The van der Waals surface area contributed by atoms with Crippen molar-refractivity contribution in [3.05, 3.63) is 63.5 Å². The van der Waals surface area contributed by atoms with Crippen LogP contribution in [0.4, 0.5) is 5.82 Å². The second-order valence-corrected chi connectivity index (χ2v) is 12.2. The molecule has 0 bridgehead atoms. The summed E-state index contributed by atoms with van der Waals surface area (Å²) in [4.78, 5) is 30.6. The highest BCUT2D eigenvalue weighted by molar-refractivity contribution is 8.00. The molecule has 2 aliphatic rings. The van der Waals surface area contributed by atoms with Gasteiger partial charge in [0.05, 0.1) is 22.4 Å². The Balaban J connectivity index is 1.75. The first-order valence-electron chi connectivity index (χ1n) is 12.2. The van der Waals surface area contributed by atoms with Crippen LogP contribution in [0.2, 0.25) is 0 Å². The molecule has 6 nitrogen and oxygen atoms in total. The number of aryl methyl sites for hydroxylation is 1. The van der Waals surface area contributed by atoms with Gasteiger partial charge >= 0.3 is 0 Å². The molecule has 0 spiro atoms. The zero-order chi connectivity index (χ0) is 24.7. The molecule has 0 radical (unpaired) electrons. The van der Waals surface area contributed by atoms with Crippen molar-refractivity contribution >= 4 is 40.7 Å². The summed E-state index contributed by atoms with van der Waals surface area (Å²) in [7, 11) is 0. The molecular weight excluding hydrogens is 476 g/mol. The predicted octanol–water partition coefficient (Wildman–Crippen LogP) is 5.33. The zero-order valence-corrected chi connectivity index (χ0v) is 22.4. The largest absolute Gasteiger partial charge is 0.341 e. The number of hydrogen-bond acceptors (Lipinski definition) is 5. The third-order valence-electron chi connectivity index (χ3n) is 6.74. The number of para-hydroxylation sites is 1. The summed E-state index contributed by atoms with van der Waals surface area (Å²) in [6.45, 7) is 10.1. The molecule has 1 saturated heterocycles. The highest BCUT2D eigenvalue weighted by atomic mass is 32.2. The summed E-state index contributed by atoms with van der Waals surface area (Å²) in [5.41, 5.74) is 4.95. The Morgan fingerprint density at radius 3 is 2.54 bits per heavy atom. The van der Waals surface area contributed by atoms with Crippen LogP contribution >= 0.6 is 23.1 Å². The summed E-state index contributed by atoms with van der Waals surface area (Å²) in [5, 5.41) is 9.39. The van der Waals surface area contributed by atoms with Gasteiger partial charge in [-0.05, 0) is 53.8 Å². The molecular formula is C27H32N4O2S2. The first-order valence-corrected chi connectivity index (χ1v) is 14.2. The Labute approximate surface area is 215 Å². The lowest BCUT2D eigenvalue weighted by molar-refractivity contribution is -0.130. The number of rotatable bonds is 4. The van der Waals surface area contributed by atoms with Gasteiger partial charge in [-0.1, -0.05) is 39.0 Å². The molecule has 0 saturated carbocycles. The molecule has 1 aromatic carbocycles. The fourth-order valence-electron chi connectivity index (χ4n) is 4.93. The first-order chi connectivity index (χ1) is 16.8. The second-order valence-electron chi connectivity index (χ2n) is 10.3. The van der Waals surface area contributed by atoms with Crippen molar-refractivity contribution in [2.24, 2.45) is 0 Å². The lowest BCUT2D eigenvalue weighted by Gasteiger charge is -2.26. The van der Waals surface area contributed by atoms with E-state index in [0.29, 0.717) is 5.75 Å². The fourth-order valence-corrected chi connectivity index (χ4v) is 6.89. The van der Waals surface area contributed by atoms with Gasteiger partial charge in [0.25, 0.3) is 0 Å². The molecule has 0 N–H and O–H groups in total. The van der Waals surface area contributed by atoms with Gasteiger partial charge in [0.1, 0.15) is 12.4 Å². The van der Waals surface area contributed by atoms with Gasteiger partial charge in [0, 0.05) is 24.1 Å². The molecule has 2 aliphatic heterocycles.